The molecular formula is C20H17F3N2O3. The number of alkyl halides is 3. The highest BCUT2D eigenvalue weighted by molar-refractivity contribution is 6.11. The van der Waals surface area contributed by atoms with Gasteiger partial charge in [0.25, 0.3) is 5.91 Å². The van der Waals surface area contributed by atoms with E-state index in [2.05, 4.69) is 5.32 Å². The molecule has 0 saturated carbocycles. The summed E-state index contributed by atoms with van der Waals surface area (Å²) in [4.78, 5) is 27.1. The van der Waals surface area contributed by atoms with Gasteiger partial charge in [-0.1, -0.05) is 18.2 Å². The van der Waals surface area contributed by atoms with Gasteiger partial charge in [-0.25, -0.2) is 0 Å². The van der Waals surface area contributed by atoms with E-state index in [0.29, 0.717) is 29.8 Å². The van der Waals surface area contributed by atoms with Crippen LogP contribution in [0.1, 0.15) is 22.3 Å². The van der Waals surface area contributed by atoms with Gasteiger partial charge in [0.2, 0.25) is 5.91 Å². The van der Waals surface area contributed by atoms with Crippen molar-refractivity contribution in [3.8, 4) is 11.1 Å². The molecule has 1 fully saturated rings. The zero-order chi connectivity index (χ0) is 20.1. The zero-order valence-electron chi connectivity index (χ0n) is 14.9. The third-order valence-electron chi connectivity index (χ3n) is 5.21. The van der Waals surface area contributed by atoms with Crippen molar-refractivity contribution in [1.82, 2.24) is 4.90 Å². The lowest BCUT2D eigenvalue weighted by Gasteiger charge is -2.23. The number of amides is 2. The molecule has 0 aliphatic carbocycles. The molecule has 5 nitrogen and oxygen atoms in total. The van der Waals surface area contributed by atoms with Gasteiger partial charge in [0.05, 0.1) is 22.9 Å². The van der Waals surface area contributed by atoms with Crippen LogP contribution in [-0.2, 0) is 15.7 Å². The van der Waals surface area contributed by atoms with Crippen LogP contribution in [0.2, 0.25) is 0 Å². The molecule has 2 atom stereocenters. The molecule has 2 aliphatic rings. The number of anilines is 1. The van der Waals surface area contributed by atoms with Crippen molar-refractivity contribution < 1.29 is 27.5 Å². The second-order valence-corrected chi connectivity index (χ2v) is 6.83. The molecule has 2 aromatic rings. The highest BCUT2D eigenvalue weighted by atomic mass is 19.4. The molecule has 0 unspecified atom stereocenters. The van der Waals surface area contributed by atoms with Crippen molar-refractivity contribution in [2.24, 2.45) is 0 Å². The van der Waals surface area contributed by atoms with Crippen LogP contribution in [0, 0.1) is 0 Å². The van der Waals surface area contributed by atoms with E-state index in [1.807, 2.05) is 0 Å². The van der Waals surface area contributed by atoms with E-state index < -0.39 is 17.8 Å². The first-order valence-electron chi connectivity index (χ1n) is 8.76. The molecule has 1 saturated heterocycles. The highest BCUT2D eigenvalue weighted by Gasteiger charge is 2.45. The van der Waals surface area contributed by atoms with Crippen LogP contribution in [0.4, 0.5) is 18.9 Å². The molecule has 2 aliphatic heterocycles. The Hall–Kier alpha value is -2.87. The average Bonchev–Trinajstić information content (AvgIpc) is 3.07. The number of carbonyl (C=O) groups is 2. The molecule has 146 valence electrons. The summed E-state index contributed by atoms with van der Waals surface area (Å²) in [5.74, 6) is -0.671. The van der Waals surface area contributed by atoms with E-state index in [0.717, 1.165) is 12.1 Å². The minimum atomic E-state index is -4.45. The van der Waals surface area contributed by atoms with Crippen LogP contribution in [0.15, 0.2) is 42.5 Å². The first-order valence-corrected chi connectivity index (χ1v) is 8.76. The summed E-state index contributed by atoms with van der Waals surface area (Å²) in [5.41, 5.74) is 0.640. The second kappa shape index (κ2) is 6.63. The number of carbonyl (C=O) groups excluding carboxylic acids is 2. The van der Waals surface area contributed by atoms with Crippen LogP contribution in [-0.4, -0.2) is 42.5 Å². The molecule has 0 spiro atoms. The number of fused-ring (bicyclic) bond motifs is 2. The van der Waals surface area contributed by atoms with Gasteiger partial charge in [-0.15, -0.1) is 0 Å². The van der Waals surface area contributed by atoms with E-state index in [4.69, 9.17) is 4.74 Å². The molecule has 0 aromatic heterocycles. The molecule has 0 radical (unpaired) electrons. The van der Waals surface area contributed by atoms with Gasteiger partial charge >= 0.3 is 6.18 Å². The summed E-state index contributed by atoms with van der Waals surface area (Å²) in [6, 6.07) is 8.86. The Labute approximate surface area is 159 Å². The molecule has 28 heavy (non-hydrogen) atoms. The Bertz CT molecular complexity index is 958. The van der Waals surface area contributed by atoms with Crippen LogP contribution >= 0.6 is 0 Å². The predicted octanol–water partition coefficient (Wildman–Crippen LogP) is 3.55. The molecule has 1 N–H and O–H groups in total. The quantitative estimate of drug-likeness (QED) is 0.853. The van der Waals surface area contributed by atoms with Crippen LogP contribution < -0.4 is 5.32 Å². The number of ether oxygens (including phenoxy) is 1. The smallest absolute Gasteiger partial charge is 0.379 e. The van der Waals surface area contributed by atoms with Crippen molar-refractivity contribution >= 4 is 17.5 Å². The highest BCUT2D eigenvalue weighted by Crippen LogP contribution is 2.35. The van der Waals surface area contributed by atoms with Crippen LogP contribution in [0.5, 0.6) is 0 Å². The molecule has 2 heterocycles. The van der Waals surface area contributed by atoms with Gasteiger partial charge in [-0.05, 0) is 41.8 Å². The molecular weight excluding hydrogens is 373 g/mol. The minimum Gasteiger partial charge on any atom is -0.379 e. The zero-order valence-corrected chi connectivity index (χ0v) is 14.9. The van der Waals surface area contributed by atoms with E-state index in [1.54, 1.807) is 18.2 Å². The summed E-state index contributed by atoms with van der Waals surface area (Å²) in [6.07, 6.45) is -4.30. The van der Waals surface area contributed by atoms with Crippen molar-refractivity contribution in [3.05, 3.63) is 53.6 Å². The van der Waals surface area contributed by atoms with Crippen molar-refractivity contribution in [1.29, 1.82) is 0 Å². The van der Waals surface area contributed by atoms with E-state index in [1.165, 1.54) is 24.1 Å². The van der Waals surface area contributed by atoms with Gasteiger partial charge in [0.15, 0.2) is 0 Å². The molecule has 0 bridgehead atoms. The summed E-state index contributed by atoms with van der Waals surface area (Å²) in [5, 5.41) is 2.74. The van der Waals surface area contributed by atoms with E-state index in [-0.39, 0.29) is 23.5 Å². The summed E-state index contributed by atoms with van der Waals surface area (Å²) in [7, 11) is 1.50. The molecule has 8 heteroatoms. The van der Waals surface area contributed by atoms with Gasteiger partial charge in [0, 0.05) is 13.7 Å². The average molecular weight is 390 g/mol. The van der Waals surface area contributed by atoms with Gasteiger partial charge in [-0.3, -0.25) is 9.59 Å². The SMILES string of the molecule is CO[C@@H]1CCN2C(=O)c3cc(-c4cccc(C(F)(F)F)c4)ccc3NC(=O)[C@H]12. The third kappa shape index (κ3) is 3.03. The fourth-order valence-electron chi connectivity index (χ4n) is 3.80. The Morgan fingerprint density at radius 1 is 1.11 bits per heavy atom. The molecule has 2 aromatic carbocycles. The maximum Gasteiger partial charge on any atom is 0.416 e. The Morgan fingerprint density at radius 2 is 1.86 bits per heavy atom. The lowest BCUT2D eigenvalue weighted by molar-refractivity contribution is -0.137. The Morgan fingerprint density at radius 3 is 2.57 bits per heavy atom. The van der Waals surface area contributed by atoms with Crippen molar-refractivity contribution in [2.75, 3.05) is 19.0 Å². The number of benzene rings is 2. The fraction of sp³-hybridized carbons (Fsp3) is 0.300. The lowest BCUT2D eigenvalue weighted by atomic mass is 9.99. The number of nitrogens with zero attached hydrogens (tertiary/aromatic N) is 1. The molecule has 2 amide bonds. The summed E-state index contributed by atoms with van der Waals surface area (Å²) < 4.78 is 44.4. The van der Waals surface area contributed by atoms with Crippen molar-refractivity contribution in [3.63, 3.8) is 0 Å². The van der Waals surface area contributed by atoms with Gasteiger partial charge in [0.1, 0.15) is 6.04 Å². The standard InChI is InChI=1S/C20H17F3N2O3/c1-28-16-7-8-25-17(16)18(26)24-15-6-5-12(10-14(15)19(25)27)11-3-2-4-13(9-11)20(21,22)23/h2-6,9-10,16-17H,7-8H2,1H3,(H,24,26)/t16-,17+/m1/s1. The summed E-state index contributed by atoms with van der Waals surface area (Å²) in [6.45, 7) is 0.378. The maximum absolute atomic E-state index is 13.0. The van der Waals surface area contributed by atoms with Crippen LogP contribution in [0.25, 0.3) is 11.1 Å². The third-order valence-corrected chi connectivity index (χ3v) is 5.21. The monoisotopic (exact) mass is 390 g/mol. The number of rotatable bonds is 2. The first kappa shape index (κ1) is 18.5. The fourth-order valence-corrected chi connectivity index (χ4v) is 3.80. The lowest BCUT2D eigenvalue weighted by Crippen LogP contribution is -2.46. The number of hydrogen-bond donors (Lipinski definition) is 1. The Kier molecular flexibility index (Phi) is 4.38. The van der Waals surface area contributed by atoms with Gasteiger partial charge < -0.3 is 15.0 Å². The predicted molar refractivity (Wildman–Crippen MR) is 95.7 cm³/mol. The number of methoxy groups -OCH3 is 1. The summed E-state index contributed by atoms with van der Waals surface area (Å²) >= 11 is 0. The Balaban J connectivity index is 1.75. The van der Waals surface area contributed by atoms with E-state index in [9.17, 15) is 22.8 Å². The normalized spacial score (nSPS) is 21.8. The topological polar surface area (TPSA) is 58.6 Å². The number of halogens is 3. The largest absolute Gasteiger partial charge is 0.416 e. The van der Waals surface area contributed by atoms with Crippen molar-refractivity contribution in [2.45, 2.75) is 24.7 Å². The first-order chi connectivity index (χ1) is 13.3. The van der Waals surface area contributed by atoms with E-state index >= 15 is 0 Å². The molecule has 4 rings (SSSR count). The van der Waals surface area contributed by atoms with Gasteiger partial charge in [-0.2, -0.15) is 13.2 Å². The minimum absolute atomic E-state index is 0.252. The van der Waals surface area contributed by atoms with Crippen LogP contribution in [0.3, 0.4) is 0 Å². The number of hydrogen-bond acceptors (Lipinski definition) is 3. The second-order valence-electron chi connectivity index (χ2n) is 6.83. The number of nitrogens with one attached hydrogen (secondary N) is 1. The maximum atomic E-state index is 13.0.